The Morgan fingerprint density at radius 2 is 1.29 bits per heavy atom. The maximum Gasteiger partial charge on any atom is 0.343 e. The van der Waals surface area contributed by atoms with Crippen LogP contribution >= 0.6 is 0 Å². The van der Waals surface area contributed by atoms with Crippen LogP contribution in [-0.2, 0) is 0 Å². The number of aromatic nitrogens is 1. The minimum Gasteiger partial charge on any atom is -0.494 e. The molecule has 0 aliphatic rings. The molecule has 4 rings (SSSR count). The monoisotopic (exact) mass is 515 g/mol. The number of carbonyl (C=O) groups excluding carboxylic acids is 1. The van der Waals surface area contributed by atoms with Gasteiger partial charge in [-0.25, -0.2) is 9.78 Å². The summed E-state index contributed by atoms with van der Waals surface area (Å²) in [4.78, 5) is 17.2. The highest BCUT2D eigenvalue weighted by atomic mass is 16.5. The highest BCUT2D eigenvalue weighted by Crippen LogP contribution is 2.29. The zero-order chi connectivity index (χ0) is 26.6. The molecule has 0 bridgehead atoms. The Balaban J connectivity index is 1.32. The van der Waals surface area contributed by atoms with Crippen molar-refractivity contribution >= 4 is 17.1 Å². The number of hydrogen-bond donors (Lipinski definition) is 0. The van der Waals surface area contributed by atoms with Crippen LogP contribution in [0.3, 0.4) is 0 Å². The average molecular weight is 516 g/mol. The molecule has 3 aromatic carbocycles. The summed E-state index contributed by atoms with van der Waals surface area (Å²) in [5.74, 6) is 2.04. The van der Waals surface area contributed by atoms with Crippen molar-refractivity contribution in [2.45, 2.75) is 65.2 Å². The van der Waals surface area contributed by atoms with E-state index in [-0.39, 0.29) is 0 Å². The Bertz CT molecular complexity index is 1280. The van der Waals surface area contributed by atoms with Crippen molar-refractivity contribution < 1.29 is 23.4 Å². The Morgan fingerprint density at radius 1 is 0.711 bits per heavy atom. The van der Waals surface area contributed by atoms with Gasteiger partial charge in [-0.05, 0) is 73.5 Å². The minimum absolute atomic E-state index is 0.397. The third-order valence-corrected chi connectivity index (χ3v) is 6.29. The van der Waals surface area contributed by atoms with Crippen molar-refractivity contribution in [3.8, 4) is 28.7 Å². The molecular formula is C32H37NO5. The fourth-order valence-corrected chi connectivity index (χ4v) is 4.08. The third-order valence-electron chi connectivity index (χ3n) is 6.29. The van der Waals surface area contributed by atoms with Crippen molar-refractivity contribution in [1.29, 1.82) is 0 Å². The molecule has 0 saturated heterocycles. The van der Waals surface area contributed by atoms with Gasteiger partial charge in [-0.3, -0.25) is 0 Å². The summed E-state index contributed by atoms with van der Waals surface area (Å²) in [6.45, 7) is 5.79. The number of fused-ring (bicyclic) bond motifs is 1. The number of carbonyl (C=O) groups is 1. The summed E-state index contributed by atoms with van der Waals surface area (Å²) in [7, 11) is 0. The van der Waals surface area contributed by atoms with Crippen LogP contribution in [0, 0.1) is 0 Å². The minimum atomic E-state index is -0.441. The number of ether oxygens (including phenoxy) is 3. The van der Waals surface area contributed by atoms with E-state index in [0.29, 0.717) is 34.9 Å². The number of unbranched alkanes of at least 4 members (excludes halogenated alkanes) is 6. The standard InChI is InChI=1S/C32H37NO5/c1-3-5-7-9-21-35-26-15-11-24(12-16-26)31-33-29-20-19-28(23-30(29)38-31)37-32(34)25-13-17-27(18-14-25)36-22-10-8-6-4-2/h11-20,23H,3-10,21-22H2,1-2H3. The van der Waals surface area contributed by atoms with E-state index in [1.807, 2.05) is 24.3 Å². The lowest BCUT2D eigenvalue weighted by atomic mass is 10.2. The summed E-state index contributed by atoms with van der Waals surface area (Å²) in [6, 6.07) is 19.9. The zero-order valence-corrected chi connectivity index (χ0v) is 22.4. The number of oxazole rings is 1. The molecule has 0 aliphatic carbocycles. The van der Waals surface area contributed by atoms with E-state index in [2.05, 4.69) is 18.8 Å². The third kappa shape index (κ3) is 7.85. The summed E-state index contributed by atoms with van der Waals surface area (Å²) in [5, 5.41) is 0. The molecule has 1 heterocycles. The average Bonchev–Trinajstić information content (AvgIpc) is 3.37. The number of rotatable bonds is 15. The Hall–Kier alpha value is -3.80. The molecule has 0 amide bonds. The second-order valence-corrected chi connectivity index (χ2v) is 9.41. The number of hydrogen-bond acceptors (Lipinski definition) is 6. The Labute approximate surface area is 224 Å². The highest BCUT2D eigenvalue weighted by molar-refractivity contribution is 5.91. The molecule has 38 heavy (non-hydrogen) atoms. The van der Waals surface area contributed by atoms with Crippen LogP contribution in [0.1, 0.15) is 75.6 Å². The number of benzene rings is 3. The molecule has 200 valence electrons. The van der Waals surface area contributed by atoms with Crippen molar-refractivity contribution in [2.75, 3.05) is 13.2 Å². The lowest BCUT2D eigenvalue weighted by Gasteiger charge is -2.07. The molecule has 0 N–H and O–H groups in total. The molecule has 0 unspecified atom stereocenters. The lowest BCUT2D eigenvalue weighted by Crippen LogP contribution is -2.08. The first-order valence-electron chi connectivity index (χ1n) is 13.7. The largest absolute Gasteiger partial charge is 0.494 e. The second-order valence-electron chi connectivity index (χ2n) is 9.41. The fraction of sp³-hybridized carbons (Fsp3) is 0.375. The van der Waals surface area contributed by atoms with E-state index in [1.54, 1.807) is 42.5 Å². The van der Waals surface area contributed by atoms with E-state index in [4.69, 9.17) is 18.6 Å². The molecule has 4 aromatic rings. The van der Waals surface area contributed by atoms with E-state index in [1.165, 1.54) is 38.5 Å². The molecule has 6 heteroatoms. The van der Waals surface area contributed by atoms with E-state index >= 15 is 0 Å². The van der Waals surface area contributed by atoms with Crippen molar-refractivity contribution in [3.63, 3.8) is 0 Å². The van der Waals surface area contributed by atoms with Gasteiger partial charge in [0.2, 0.25) is 5.89 Å². The van der Waals surface area contributed by atoms with Crippen LogP contribution in [0.5, 0.6) is 17.2 Å². The quantitative estimate of drug-likeness (QED) is 0.0896. The number of nitrogens with zero attached hydrogens (tertiary/aromatic N) is 1. The van der Waals surface area contributed by atoms with Crippen molar-refractivity contribution in [3.05, 3.63) is 72.3 Å². The summed E-state index contributed by atoms with van der Waals surface area (Å²) < 4.78 is 23.1. The van der Waals surface area contributed by atoms with Gasteiger partial charge in [0.05, 0.1) is 18.8 Å². The topological polar surface area (TPSA) is 70.8 Å². The zero-order valence-electron chi connectivity index (χ0n) is 22.4. The van der Waals surface area contributed by atoms with Gasteiger partial charge in [-0.1, -0.05) is 52.4 Å². The molecule has 0 aliphatic heterocycles. The van der Waals surface area contributed by atoms with Gasteiger partial charge in [-0.15, -0.1) is 0 Å². The smallest absolute Gasteiger partial charge is 0.343 e. The molecule has 0 atom stereocenters. The van der Waals surface area contributed by atoms with Gasteiger partial charge in [0.25, 0.3) is 0 Å². The second kappa shape index (κ2) is 14.2. The van der Waals surface area contributed by atoms with Gasteiger partial charge in [-0.2, -0.15) is 0 Å². The van der Waals surface area contributed by atoms with Gasteiger partial charge < -0.3 is 18.6 Å². The first-order chi connectivity index (χ1) is 18.7. The molecule has 0 saturated carbocycles. The molecule has 6 nitrogen and oxygen atoms in total. The summed E-state index contributed by atoms with van der Waals surface area (Å²) >= 11 is 0. The number of esters is 1. The molecule has 0 fully saturated rings. The van der Waals surface area contributed by atoms with Gasteiger partial charge in [0.15, 0.2) is 5.58 Å². The van der Waals surface area contributed by atoms with Crippen LogP contribution in [0.4, 0.5) is 0 Å². The van der Waals surface area contributed by atoms with Crippen LogP contribution in [0.2, 0.25) is 0 Å². The summed E-state index contributed by atoms with van der Waals surface area (Å²) in [6.07, 6.45) is 9.32. The van der Waals surface area contributed by atoms with Crippen LogP contribution in [-0.4, -0.2) is 24.2 Å². The first-order valence-corrected chi connectivity index (χ1v) is 13.7. The van der Waals surface area contributed by atoms with Crippen LogP contribution in [0.25, 0.3) is 22.6 Å². The predicted octanol–water partition coefficient (Wildman–Crippen LogP) is 8.63. The van der Waals surface area contributed by atoms with Gasteiger partial charge >= 0.3 is 5.97 Å². The molecular weight excluding hydrogens is 478 g/mol. The maximum absolute atomic E-state index is 12.7. The first kappa shape index (κ1) is 27.2. The van der Waals surface area contributed by atoms with E-state index < -0.39 is 5.97 Å². The summed E-state index contributed by atoms with van der Waals surface area (Å²) in [5.41, 5.74) is 2.55. The Morgan fingerprint density at radius 3 is 1.89 bits per heavy atom. The van der Waals surface area contributed by atoms with Crippen molar-refractivity contribution in [1.82, 2.24) is 4.98 Å². The normalized spacial score (nSPS) is 11.0. The van der Waals surface area contributed by atoms with Crippen LogP contribution < -0.4 is 14.2 Å². The van der Waals surface area contributed by atoms with Crippen molar-refractivity contribution in [2.24, 2.45) is 0 Å². The predicted molar refractivity (Wildman–Crippen MR) is 150 cm³/mol. The maximum atomic E-state index is 12.7. The molecule has 0 spiro atoms. The molecule has 1 aromatic heterocycles. The fourth-order valence-electron chi connectivity index (χ4n) is 4.08. The van der Waals surface area contributed by atoms with E-state index in [0.717, 1.165) is 36.5 Å². The highest BCUT2D eigenvalue weighted by Gasteiger charge is 2.13. The van der Waals surface area contributed by atoms with Gasteiger partial charge in [0, 0.05) is 11.6 Å². The van der Waals surface area contributed by atoms with Gasteiger partial charge in [0.1, 0.15) is 22.8 Å². The van der Waals surface area contributed by atoms with Crippen LogP contribution in [0.15, 0.2) is 71.1 Å². The Kier molecular flexibility index (Phi) is 10.2. The SMILES string of the molecule is CCCCCCOc1ccc(C(=O)Oc2ccc3nc(-c4ccc(OCCCCCC)cc4)oc3c2)cc1. The lowest BCUT2D eigenvalue weighted by molar-refractivity contribution is 0.0735. The van der Waals surface area contributed by atoms with E-state index in [9.17, 15) is 4.79 Å². The molecule has 0 radical (unpaired) electrons.